The zero-order valence-corrected chi connectivity index (χ0v) is 14.0. The number of halogens is 1. The van der Waals surface area contributed by atoms with Crippen LogP contribution in [-0.2, 0) is 11.3 Å². The molecule has 4 nitrogen and oxygen atoms in total. The van der Waals surface area contributed by atoms with Gasteiger partial charge in [-0.3, -0.25) is 4.79 Å². The average Bonchev–Trinajstić information content (AvgIpc) is 2.55. The Morgan fingerprint density at radius 1 is 1.17 bits per heavy atom. The largest absolute Gasteiger partial charge is 0.489 e. The molecule has 0 spiro atoms. The molecule has 0 aromatic heterocycles. The molecule has 1 amide bonds. The molecule has 0 aliphatic rings. The molecule has 0 aliphatic carbocycles. The zero-order chi connectivity index (χ0) is 16.7. The van der Waals surface area contributed by atoms with E-state index < -0.39 is 0 Å². The van der Waals surface area contributed by atoms with Crippen LogP contribution >= 0.6 is 11.6 Å². The molecule has 0 saturated heterocycles. The van der Waals surface area contributed by atoms with Crippen molar-refractivity contribution in [1.29, 1.82) is 0 Å². The highest BCUT2D eigenvalue weighted by atomic mass is 35.5. The highest BCUT2D eigenvalue weighted by Gasteiger charge is 2.09. The second-order valence-electron chi connectivity index (χ2n) is 5.23. The normalized spacial score (nSPS) is 11.8. The van der Waals surface area contributed by atoms with E-state index in [1.807, 2.05) is 31.2 Å². The van der Waals surface area contributed by atoms with Gasteiger partial charge in [-0.05, 0) is 37.3 Å². The first-order chi connectivity index (χ1) is 11.1. The lowest BCUT2D eigenvalue weighted by atomic mass is 10.2. The molecule has 1 unspecified atom stereocenters. The minimum atomic E-state index is -0.132. The van der Waals surface area contributed by atoms with E-state index in [9.17, 15) is 4.79 Å². The van der Waals surface area contributed by atoms with Crippen LogP contribution < -0.4 is 10.1 Å². The van der Waals surface area contributed by atoms with Crippen molar-refractivity contribution >= 4 is 17.5 Å². The summed E-state index contributed by atoms with van der Waals surface area (Å²) in [5, 5.41) is 3.54. The number of methoxy groups -OCH3 is 1. The minimum Gasteiger partial charge on any atom is -0.489 e. The zero-order valence-electron chi connectivity index (χ0n) is 13.2. The standard InChI is InChI=1S/C18H20ClNO3/c1-13(11-22-2)20-18(21)14-7-9-16(10-8-14)23-12-15-5-3-4-6-17(15)19/h3-10,13H,11-12H2,1-2H3,(H,20,21). The molecular formula is C18H20ClNO3. The summed E-state index contributed by atoms with van der Waals surface area (Å²) in [7, 11) is 1.60. The predicted octanol–water partition coefficient (Wildman–Crippen LogP) is 3.68. The van der Waals surface area contributed by atoms with Crippen molar-refractivity contribution in [2.45, 2.75) is 19.6 Å². The lowest BCUT2D eigenvalue weighted by molar-refractivity contribution is 0.0905. The summed E-state index contributed by atoms with van der Waals surface area (Å²) in [4.78, 5) is 12.0. The third-order valence-corrected chi connectivity index (χ3v) is 3.63. The quantitative estimate of drug-likeness (QED) is 0.840. The molecule has 2 rings (SSSR count). The SMILES string of the molecule is COCC(C)NC(=O)c1ccc(OCc2ccccc2Cl)cc1. The maximum Gasteiger partial charge on any atom is 0.251 e. The van der Waals surface area contributed by atoms with E-state index >= 15 is 0 Å². The van der Waals surface area contributed by atoms with Crippen LogP contribution in [0.2, 0.25) is 5.02 Å². The van der Waals surface area contributed by atoms with Gasteiger partial charge in [0, 0.05) is 29.3 Å². The molecule has 5 heteroatoms. The van der Waals surface area contributed by atoms with Gasteiger partial charge >= 0.3 is 0 Å². The molecule has 23 heavy (non-hydrogen) atoms. The van der Waals surface area contributed by atoms with E-state index in [0.717, 1.165) is 5.56 Å². The van der Waals surface area contributed by atoms with Gasteiger partial charge in [-0.15, -0.1) is 0 Å². The first-order valence-electron chi connectivity index (χ1n) is 7.36. The fourth-order valence-corrected chi connectivity index (χ4v) is 2.27. The van der Waals surface area contributed by atoms with E-state index in [2.05, 4.69) is 5.32 Å². The third kappa shape index (κ3) is 5.27. The molecule has 1 N–H and O–H groups in total. The molecule has 1 atom stereocenters. The van der Waals surface area contributed by atoms with Crippen LogP contribution in [-0.4, -0.2) is 25.7 Å². The minimum absolute atomic E-state index is 0.0383. The van der Waals surface area contributed by atoms with Crippen LogP contribution in [0.4, 0.5) is 0 Å². The Labute approximate surface area is 141 Å². The van der Waals surface area contributed by atoms with Crippen molar-refractivity contribution in [1.82, 2.24) is 5.32 Å². The van der Waals surface area contributed by atoms with E-state index in [0.29, 0.717) is 29.5 Å². The van der Waals surface area contributed by atoms with Gasteiger partial charge in [-0.2, -0.15) is 0 Å². The van der Waals surface area contributed by atoms with Crippen LogP contribution in [0, 0.1) is 0 Å². The molecular weight excluding hydrogens is 314 g/mol. The first kappa shape index (κ1) is 17.3. The van der Waals surface area contributed by atoms with E-state index in [1.54, 1.807) is 31.4 Å². The van der Waals surface area contributed by atoms with Gasteiger partial charge in [0.2, 0.25) is 0 Å². The van der Waals surface area contributed by atoms with Crippen molar-refractivity contribution in [3.63, 3.8) is 0 Å². The molecule has 122 valence electrons. The molecule has 0 radical (unpaired) electrons. The Morgan fingerprint density at radius 3 is 2.52 bits per heavy atom. The Bertz CT molecular complexity index is 643. The monoisotopic (exact) mass is 333 g/mol. The lowest BCUT2D eigenvalue weighted by Gasteiger charge is -2.13. The Morgan fingerprint density at radius 2 is 1.87 bits per heavy atom. The van der Waals surface area contributed by atoms with Crippen molar-refractivity contribution in [3.05, 3.63) is 64.7 Å². The van der Waals surface area contributed by atoms with Crippen LogP contribution in [0.5, 0.6) is 5.75 Å². The van der Waals surface area contributed by atoms with E-state index in [1.165, 1.54) is 0 Å². The topological polar surface area (TPSA) is 47.6 Å². The Hall–Kier alpha value is -2.04. The molecule has 0 bridgehead atoms. The Balaban J connectivity index is 1.92. The average molecular weight is 334 g/mol. The molecule has 2 aromatic carbocycles. The summed E-state index contributed by atoms with van der Waals surface area (Å²) < 4.78 is 10.7. The summed E-state index contributed by atoms with van der Waals surface area (Å²) in [6.07, 6.45) is 0. The van der Waals surface area contributed by atoms with Crippen LogP contribution in [0.3, 0.4) is 0 Å². The maximum absolute atomic E-state index is 12.0. The second-order valence-corrected chi connectivity index (χ2v) is 5.64. The van der Waals surface area contributed by atoms with Gasteiger partial charge in [-0.1, -0.05) is 29.8 Å². The number of hydrogen-bond donors (Lipinski definition) is 1. The number of ether oxygens (including phenoxy) is 2. The summed E-state index contributed by atoms with van der Waals surface area (Å²) in [6.45, 7) is 2.75. The number of carbonyl (C=O) groups is 1. The molecule has 0 fully saturated rings. The fourth-order valence-electron chi connectivity index (χ4n) is 2.08. The fraction of sp³-hybridized carbons (Fsp3) is 0.278. The molecule has 2 aromatic rings. The highest BCUT2D eigenvalue weighted by molar-refractivity contribution is 6.31. The third-order valence-electron chi connectivity index (χ3n) is 3.26. The number of hydrogen-bond acceptors (Lipinski definition) is 3. The number of carbonyl (C=O) groups excluding carboxylic acids is 1. The van der Waals surface area contributed by atoms with E-state index in [4.69, 9.17) is 21.1 Å². The first-order valence-corrected chi connectivity index (χ1v) is 7.74. The van der Waals surface area contributed by atoms with Gasteiger partial charge in [0.15, 0.2) is 0 Å². The van der Waals surface area contributed by atoms with Crippen LogP contribution in [0.1, 0.15) is 22.8 Å². The van der Waals surface area contributed by atoms with Gasteiger partial charge in [0.25, 0.3) is 5.91 Å². The predicted molar refractivity (Wildman–Crippen MR) is 91.0 cm³/mol. The lowest BCUT2D eigenvalue weighted by Crippen LogP contribution is -2.35. The maximum atomic E-state index is 12.0. The van der Waals surface area contributed by atoms with Crippen molar-refractivity contribution < 1.29 is 14.3 Å². The molecule has 0 heterocycles. The number of rotatable bonds is 7. The van der Waals surface area contributed by atoms with Crippen LogP contribution in [0.15, 0.2) is 48.5 Å². The van der Waals surface area contributed by atoms with E-state index in [-0.39, 0.29) is 11.9 Å². The molecule has 0 aliphatic heterocycles. The summed E-state index contributed by atoms with van der Waals surface area (Å²) in [5.41, 5.74) is 1.50. The summed E-state index contributed by atoms with van der Waals surface area (Å²) >= 11 is 6.09. The van der Waals surface area contributed by atoms with Gasteiger partial charge < -0.3 is 14.8 Å². The smallest absolute Gasteiger partial charge is 0.251 e. The molecule has 0 saturated carbocycles. The van der Waals surface area contributed by atoms with Crippen LogP contribution in [0.25, 0.3) is 0 Å². The Kier molecular flexibility index (Phi) is 6.44. The van der Waals surface area contributed by atoms with Crippen molar-refractivity contribution in [3.8, 4) is 5.75 Å². The summed E-state index contributed by atoms with van der Waals surface area (Å²) in [5.74, 6) is 0.554. The van der Waals surface area contributed by atoms with Crippen molar-refractivity contribution in [2.24, 2.45) is 0 Å². The number of benzene rings is 2. The van der Waals surface area contributed by atoms with Gasteiger partial charge in [-0.25, -0.2) is 0 Å². The van der Waals surface area contributed by atoms with Gasteiger partial charge in [0.1, 0.15) is 12.4 Å². The highest BCUT2D eigenvalue weighted by Crippen LogP contribution is 2.19. The summed E-state index contributed by atoms with van der Waals surface area (Å²) in [6, 6.07) is 14.5. The van der Waals surface area contributed by atoms with Crippen molar-refractivity contribution in [2.75, 3.05) is 13.7 Å². The van der Waals surface area contributed by atoms with Gasteiger partial charge in [0.05, 0.1) is 6.61 Å². The number of amides is 1. The second kappa shape index (κ2) is 8.56. The number of nitrogens with one attached hydrogen (secondary N) is 1.